The molecule has 124 valence electrons. The predicted octanol–water partition coefficient (Wildman–Crippen LogP) is 3.12. The number of hydrogen-bond acceptors (Lipinski definition) is 2. The summed E-state index contributed by atoms with van der Waals surface area (Å²) in [4.78, 5) is 12.1. The van der Waals surface area contributed by atoms with Crippen molar-refractivity contribution in [2.24, 2.45) is 5.92 Å². The first-order valence-corrected chi connectivity index (χ1v) is 7.51. The van der Waals surface area contributed by atoms with Crippen molar-refractivity contribution in [3.8, 4) is 0 Å². The number of carbonyl (C=O) groups excluding carboxylic acids is 1. The van der Waals surface area contributed by atoms with Gasteiger partial charge in [-0.3, -0.25) is 0 Å². The fourth-order valence-electron chi connectivity index (χ4n) is 2.26. The Morgan fingerprint density at radius 2 is 1.95 bits per heavy atom. The largest absolute Gasteiger partial charge is 0.396 e. The van der Waals surface area contributed by atoms with Crippen LogP contribution in [-0.2, 0) is 0 Å². The van der Waals surface area contributed by atoms with E-state index >= 15 is 0 Å². The van der Waals surface area contributed by atoms with E-state index in [4.69, 9.17) is 5.11 Å². The molecular formula is C16H24F2N2O2. The molecule has 0 aliphatic rings. The average Bonchev–Trinajstić information content (AvgIpc) is 2.47. The Balaban J connectivity index is 2.77. The number of hydrogen-bond donors (Lipinski definition) is 3. The SMILES string of the molecule is CCC(NC(=O)NC(CCO)C(C)C)c1cc(F)ccc1F. The van der Waals surface area contributed by atoms with E-state index in [9.17, 15) is 13.6 Å². The predicted molar refractivity (Wildman–Crippen MR) is 81.4 cm³/mol. The van der Waals surface area contributed by atoms with E-state index in [1.807, 2.05) is 13.8 Å². The van der Waals surface area contributed by atoms with Gasteiger partial charge >= 0.3 is 6.03 Å². The molecule has 0 radical (unpaired) electrons. The van der Waals surface area contributed by atoms with Crippen LogP contribution in [0.2, 0.25) is 0 Å². The number of nitrogens with one attached hydrogen (secondary N) is 2. The Kier molecular flexibility index (Phi) is 7.24. The molecule has 0 aliphatic carbocycles. The van der Waals surface area contributed by atoms with E-state index < -0.39 is 23.7 Å². The van der Waals surface area contributed by atoms with Gasteiger partial charge in [0, 0.05) is 18.2 Å². The van der Waals surface area contributed by atoms with Crippen molar-refractivity contribution < 1.29 is 18.7 Å². The molecule has 0 bridgehead atoms. The maximum absolute atomic E-state index is 13.8. The fourth-order valence-corrected chi connectivity index (χ4v) is 2.26. The zero-order chi connectivity index (χ0) is 16.7. The van der Waals surface area contributed by atoms with Gasteiger partial charge in [-0.05, 0) is 37.0 Å². The lowest BCUT2D eigenvalue weighted by molar-refractivity contribution is 0.215. The summed E-state index contributed by atoms with van der Waals surface area (Å²) < 4.78 is 27.1. The Bertz CT molecular complexity index is 495. The summed E-state index contributed by atoms with van der Waals surface area (Å²) in [5, 5.41) is 14.4. The van der Waals surface area contributed by atoms with Crippen LogP contribution in [0.3, 0.4) is 0 Å². The standard InChI is InChI=1S/C16H24F2N2O2/c1-4-14(12-9-11(17)5-6-13(12)18)19-16(22)20-15(7-8-21)10(2)3/h5-6,9-10,14-15,21H,4,7-8H2,1-3H3,(H2,19,20,22). The van der Waals surface area contributed by atoms with Gasteiger partial charge in [0.25, 0.3) is 0 Å². The fraction of sp³-hybridized carbons (Fsp3) is 0.562. The molecule has 0 spiro atoms. The third kappa shape index (κ3) is 5.26. The summed E-state index contributed by atoms with van der Waals surface area (Å²) >= 11 is 0. The lowest BCUT2D eigenvalue weighted by Crippen LogP contribution is -2.46. The molecule has 1 aromatic carbocycles. The quantitative estimate of drug-likeness (QED) is 0.724. The number of rotatable bonds is 7. The smallest absolute Gasteiger partial charge is 0.315 e. The molecule has 2 unspecified atom stereocenters. The molecule has 3 N–H and O–H groups in total. The zero-order valence-electron chi connectivity index (χ0n) is 13.2. The second-order valence-corrected chi connectivity index (χ2v) is 5.61. The van der Waals surface area contributed by atoms with Crippen LogP contribution in [0.5, 0.6) is 0 Å². The lowest BCUT2D eigenvalue weighted by atomic mass is 10.0. The molecule has 1 aromatic rings. The number of amides is 2. The van der Waals surface area contributed by atoms with Gasteiger partial charge in [0.2, 0.25) is 0 Å². The van der Waals surface area contributed by atoms with E-state index in [-0.39, 0.29) is 24.1 Å². The van der Waals surface area contributed by atoms with Crippen molar-refractivity contribution in [1.82, 2.24) is 10.6 Å². The molecule has 0 fully saturated rings. The van der Waals surface area contributed by atoms with E-state index in [1.165, 1.54) is 0 Å². The summed E-state index contributed by atoms with van der Waals surface area (Å²) in [5.41, 5.74) is 0.126. The van der Waals surface area contributed by atoms with Crippen LogP contribution in [0.25, 0.3) is 0 Å². The van der Waals surface area contributed by atoms with Gasteiger partial charge < -0.3 is 15.7 Å². The van der Waals surface area contributed by atoms with Crippen LogP contribution in [-0.4, -0.2) is 23.8 Å². The lowest BCUT2D eigenvalue weighted by Gasteiger charge is -2.24. The van der Waals surface area contributed by atoms with Gasteiger partial charge in [0.15, 0.2) is 0 Å². The maximum atomic E-state index is 13.8. The monoisotopic (exact) mass is 314 g/mol. The van der Waals surface area contributed by atoms with Crippen LogP contribution < -0.4 is 10.6 Å². The highest BCUT2D eigenvalue weighted by Gasteiger charge is 2.20. The Morgan fingerprint density at radius 3 is 2.50 bits per heavy atom. The zero-order valence-corrected chi connectivity index (χ0v) is 13.2. The highest BCUT2D eigenvalue weighted by molar-refractivity contribution is 5.74. The van der Waals surface area contributed by atoms with Crippen LogP contribution in [0, 0.1) is 17.6 Å². The van der Waals surface area contributed by atoms with Crippen LogP contribution >= 0.6 is 0 Å². The number of benzene rings is 1. The van der Waals surface area contributed by atoms with E-state index in [2.05, 4.69) is 10.6 Å². The summed E-state index contributed by atoms with van der Waals surface area (Å²) in [5.74, 6) is -0.939. The minimum atomic E-state index is -0.613. The Morgan fingerprint density at radius 1 is 1.27 bits per heavy atom. The molecular weight excluding hydrogens is 290 g/mol. The summed E-state index contributed by atoms with van der Waals surface area (Å²) in [7, 11) is 0. The second-order valence-electron chi connectivity index (χ2n) is 5.61. The van der Waals surface area contributed by atoms with Crippen molar-refractivity contribution in [3.05, 3.63) is 35.4 Å². The Labute approximate surface area is 129 Å². The minimum Gasteiger partial charge on any atom is -0.396 e. The molecule has 0 aliphatic heterocycles. The highest BCUT2D eigenvalue weighted by atomic mass is 19.1. The molecule has 2 amide bonds. The Hall–Kier alpha value is -1.69. The number of urea groups is 1. The first-order chi connectivity index (χ1) is 10.4. The number of halogens is 2. The molecule has 22 heavy (non-hydrogen) atoms. The van der Waals surface area contributed by atoms with E-state index in [0.717, 1.165) is 18.2 Å². The molecule has 0 saturated heterocycles. The van der Waals surface area contributed by atoms with Gasteiger partial charge in [-0.1, -0.05) is 20.8 Å². The number of carbonyl (C=O) groups is 1. The molecule has 4 nitrogen and oxygen atoms in total. The number of aliphatic hydroxyl groups is 1. The highest BCUT2D eigenvalue weighted by Crippen LogP contribution is 2.21. The number of aliphatic hydroxyl groups excluding tert-OH is 1. The van der Waals surface area contributed by atoms with Crippen LogP contribution in [0.15, 0.2) is 18.2 Å². The third-order valence-electron chi connectivity index (χ3n) is 3.61. The normalized spacial score (nSPS) is 13.8. The second kappa shape index (κ2) is 8.68. The topological polar surface area (TPSA) is 61.4 Å². The minimum absolute atomic E-state index is 0.0289. The molecule has 1 rings (SSSR count). The van der Waals surface area contributed by atoms with Crippen LogP contribution in [0.4, 0.5) is 13.6 Å². The van der Waals surface area contributed by atoms with Crippen molar-refractivity contribution in [2.75, 3.05) is 6.61 Å². The van der Waals surface area contributed by atoms with Crippen molar-refractivity contribution in [2.45, 2.75) is 45.7 Å². The summed E-state index contributed by atoms with van der Waals surface area (Å²) in [6, 6.07) is 1.94. The molecule has 0 saturated carbocycles. The van der Waals surface area contributed by atoms with Gasteiger partial charge in [-0.15, -0.1) is 0 Å². The van der Waals surface area contributed by atoms with Crippen LogP contribution in [0.1, 0.15) is 45.2 Å². The molecule has 0 aromatic heterocycles. The van der Waals surface area contributed by atoms with E-state index in [1.54, 1.807) is 6.92 Å². The summed E-state index contributed by atoms with van der Waals surface area (Å²) in [6.07, 6.45) is 0.871. The average molecular weight is 314 g/mol. The van der Waals surface area contributed by atoms with Crippen molar-refractivity contribution >= 4 is 6.03 Å². The third-order valence-corrected chi connectivity index (χ3v) is 3.61. The first-order valence-electron chi connectivity index (χ1n) is 7.51. The van der Waals surface area contributed by atoms with Crippen molar-refractivity contribution in [1.29, 1.82) is 0 Å². The van der Waals surface area contributed by atoms with Gasteiger partial charge in [0.05, 0.1) is 6.04 Å². The van der Waals surface area contributed by atoms with E-state index in [0.29, 0.717) is 12.8 Å². The van der Waals surface area contributed by atoms with Gasteiger partial charge in [-0.25, -0.2) is 13.6 Å². The molecule has 6 heteroatoms. The van der Waals surface area contributed by atoms with Gasteiger partial charge in [-0.2, -0.15) is 0 Å². The molecule has 0 heterocycles. The van der Waals surface area contributed by atoms with Gasteiger partial charge in [0.1, 0.15) is 11.6 Å². The van der Waals surface area contributed by atoms with Crippen molar-refractivity contribution in [3.63, 3.8) is 0 Å². The first kappa shape index (κ1) is 18.4. The summed E-state index contributed by atoms with van der Waals surface area (Å²) in [6.45, 7) is 5.62. The molecule has 2 atom stereocenters. The maximum Gasteiger partial charge on any atom is 0.315 e.